The van der Waals surface area contributed by atoms with Gasteiger partial charge in [0, 0.05) is 42.1 Å². The van der Waals surface area contributed by atoms with Gasteiger partial charge in [-0.05, 0) is 96.6 Å². The van der Waals surface area contributed by atoms with E-state index < -0.39 is 0 Å². The highest BCUT2D eigenvalue weighted by molar-refractivity contribution is 7.22. The molecule has 39 heavy (non-hydrogen) atoms. The van der Waals surface area contributed by atoms with Gasteiger partial charge in [0.1, 0.15) is 11.5 Å². The average Bonchev–Trinajstić information content (AvgIpc) is 3.61. The predicted octanol–water partition coefficient (Wildman–Crippen LogP) is 9.59. The zero-order chi connectivity index (χ0) is 26.8. The largest absolute Gasteiger partial charge is 0.497 e. The third-order valence-corrected chi connectivity index (χ3v) is 8.70. The maximum absolute atomic E-state index is 11.2. The normalized spacial score (nSPS) is 11.3. The van der Waals surface area contributed by atoms with Gasteiger partial charge >= 0.3 is 0 Å². The lowest BCUT2D eigenvalue weighted by molar-refractivity contribution is 0.112. The van der Waals surface area contributed by atoms with E-state index >= 15 is 0 Å². The summed E-state index contributed by atoms with van der Waals surface area (Å²) in [6.07, 6.45) is 5.22. The number of hydrogen-bond donors (Lipinski definition) is 0. The van der Waals surface area contributed by atoms with Crippen LogP contribution in [-0.2, 0) is 0 Å². The fourth-order valence-corrected chi connectivity index (χ4v) is 6.51. The summed E-state index contributed by atoms with van der Waals surface area (Å²) < 4.78 is 13.1. The maximum atomic E-state index is 11.2. The van der Waals surface area contributed by atoms with E-state index in [1.54, 1.807) is 25.6 Å². The summed E-state index contributed by atoms with van der Waals surface area (Å²) in [5.41, 5.74) is 4.23. The Bertz CT molecular complexity index is 1730. The summed E-state index contributed by atoms with van der Waals surface area (Å²) >= 11 is 3.30. The van der Waals surface area contributed by atoms with Crippen LogP contribution in [0.3, 0.4) is 0 Å². The molecule has 0 unspecified atom stereocenters. The zero-order valence-electron chi connectivity index (χ0n) is 21.5. The fraction of sp³-hybridized carbons (Fsp3) is 0.0606. The Hall–Kier alpha value is -4.39. The average molecular weight is 548 g/mol. The second-order valence-corrected chi connectivity index (χ2v) is 11.2. The summed E-state index contributed by atoms with van der Waals surface area (Å²) in [6, 6.07) is 33.1. The SMILES string of the molecule is COc1ccc(N(c2ccc(/C=C/c3cc4c(ccc5sc(C=O)cc54)s3)cc2)c2ccc(OC)cc2)cc1. The molecule has 0 aliphatic heterocycles. The van der Waals surface area contributed by atoms with E-state index in [0.29, 0.717) is 0 Å². The number of ether oxygens (including phenoxy) is 2. The number of hydrogen-bond acceptors (Lipinski definition) is 6. The molecule has 0 bridgehead atoms. The van der Waals surface area contributed by atoms with Crippen molar-refractivity contribution < 1.29 is 14.3 Å². The van der Waals surface area contributed by atoms with Crippen LogP contribution in [0.1, 0.15) is 20.1 Å². The Labute approximate surface area is 235 Å². The Balaban J connectivity index is 1.29. The van der Waals surface area contributed by atoms with Gasteiger partial charge in [-0.15, -0.1) is 22.7 Å². The van der Waals surface area contributed by atoms with E-state index in [-0.39, 0.29) is 0 Å². The van der Waals surface area contributed by atoms with Gasteiger partial charge in [-0.3, -0.25) is 4.79 Å². The third-order valence-electron chi connectivity index (χ3n) is 6.60. The minimum absolute atomic E-state index is 0.763. The van der Waals surface area contributed by atoms with Gasteiger partial charge in [0.15, 0.2) is 6.29 Å². The first-order valence-electron chi connectivity index (χ1n) is 12.4. The second kappa shape index (κ2) is 10.8. The number of rotatable bonds is 8. The number of nitrogens with zero attached hydrogens (tertiary/aromatic N) is 1. The van der Waals surface area contributed by atoms with Crippen molar-refractivity contribution >= 4 is 78.3 Å². The second-order valence-electron chi connectivity index (χ2n) is 8.96. The van der Waals surface area contributed by atoms with Crippen LogP contribution >= 0.6 is 22.7 Å². The van der Waals surface area contributed by atoms with Gasteiger partial charge in [-0.1, -0.05) is 18.2 Å². The van der Waals surface area contributed by atoms with Gasteiger partial charge < -0.3 is 14.4 Å². The molecule has 192 valence electrons. The van der Waals surface area contributed by atoms with Crippen LogP contribution < -0.4 is 14.4 Å². The molecular formula is C33H25NO3S2. The highest BCUT2D eigenvalue weighted by atomic mass is 32.1. The molecule has 0 atom stereocenters. The van der Waals surface area contributed by atoms with Gasteiger partial charge in [0.25, 0.3) is 0 Å². The lowest BCUT2D eigenvalue weighted by Crippen LogP contribution is -2.09. The summed E-state index contributed by atoms with van der Waals surface area (Å²) in [4.78, 5) is 15.4. The van der Waals surface area contributed by atoms with Crippen LogP contribution in [0.5, 0.6) is 11.5 Å². The number of fused-ring (bicyclic) bond motifs is 3. The van der Waals surface area contributed by atoms with E-state index in [1.807, 2.05) is 30.3 Å². The molecule has 4 aromatic carbocycles. The van der Waals surface area contributed by atoms with Gasteiger partial charge in [-0.25, -0.2) is 0 Å². The highest BCUT2D eigenvalue weighted by Gasteiger charge is 2.13. The number of carbonyl (C=O) groups is 1. The number of thiophene rings is 2. The summed E-state index contributed by atoms with van der Waals surface area (Å²) in [5, 5.41) is 2.35. The van der Waals surface area contributed by atoms with E-state index in [2.05, 4.69) is 83.8 Å². The van der Waals surface area contributed by atoms with E-state index in [9.17, 15) is 4.79 Å². The first-order chi connectivity index (χ1) is 19.1. The molecule has 0 radical (unpaired) electrons. The van der Waals surface area contributed by atoms with Gasteiger partial charge in [0.05, 0.1) is 19.1 Å². The zero-order valence-corrected chi connectivity index (χ0v) is 23.1. The van der Waals surface area contributed by atoms with Crippen LogP contribution in [0.15, 0.2) is 97.1 Å². The molecule has 0 aliphatic rings. The topological polar surface area (TPSA) is 38.8 Å². The molecule has 0 fully saturated rings. The molecule has 0 spiro atoms. The molecule has 4 nitrogen and oxygen atoms in total. The molecule has 0 saturated heterocycles. The van der Waals surface area contributed by atoms with Crippen LogP contribution in [-0.4, -0.2) is 20.5 Å². The third kappa shape index (κ3) is 5.04. The molecule has 2 aromatic heterocycles. The smallest absolute Gasteiger partial charge is 0.160 e. The lowest BCUT2D eigenvalue weighted by atomic mass is 10.1. The first kappa shape index (κ1) is 24.9. The van der Waals surface area contributed by atoms with Crippen molar-refractivity contribution in [2.45, 2.75) is 0 Å². The molecule has 0 amide bonds. The standard InChI is InChI=1S/C33H25NO3S2/c1-36-26-12-8-24(9-13-26)34(25-10-14-27(37-2)15-11-25)23-6-3-22(4-7-23)5-16-28-19-30-31-20-29(21-35)39-33(31)18-17-32(30)38-28/h3-21H,1-2H3/b16-5+. The van der Waals surface area contributed by atoms with Crippen LogP contribution in [0.25, 0.3) is 32.3 Å². The quantitative estimate of drug-likeness (QED) is 0.178. The van der Waals surface area contributed by atoms with Crippen molar-refractivity contribution in [3.8, 4) is 11.5 Å². The molecule has 6 rings (SSSR count). The monoisotopic (exact) mass is 547 g/mol. The number of aldehydes is 1. The predicted molar refractivity (Wildman–Crippen MR) is 166 cm³/mol. The Morgan fingerprint density at radius 2 is 1.05 bits per heavy atom. The number of benzene rings is 4. The molecular weight excluding hydrogens is 523 g/mol. The number of carbonyl (C=O) groups excluding carboxylic acids is 1. The maximum Gasteiger partial charge on any atom is 0.160 e. The van der Waals surface area contributed by atoms with Crippen LogP contribution in [0, 0.1) is 0 Å². The van der Waals surface area contributed by atoms with Crippen molar-refractivity contribution in [3.05, 3.63) is 112 Å². The molecule has 0 saturated carbocycles. The van der Waals surface area contributed by atoms with Crippen molar-refractivity contribution in [1.29, 1.82) is 0 Å². The van der Waals surface area contributed by atoms with Crippen molar-refractivity contribution in [3.63, 3.8) is 0 Å². The first-order valence-corrected chi connectivity index (χ1v) is 14.1. The minimum Gasteiger partial charge on any atom is -0.497 e. The van der Waals surface area contributed by atoms with Crippen molar-refractivity contribution in [2.24, 2.45) is 0 Å². The summed E-state index contributed by atoms with van der Waals surface area (Å²) in [6.45, 7) is 0. The molecule has 2 heterocycles. The molecule has 0 aliphatic carbocycles. The summed E-state index contributed by atoms with van der Waals surface area (Å²) in [5.74, 6) is 1.64. The Kier molecular flexibility index (Phi) is 6.88. The van der Waals surface area contributed by atoms with Crippen LogP contribution in [0.2, 0.25) is 0 Å². The highest BCUT2D eigenvalue weighted by Crippen LogP contribution is 2.38. The van der Waals surface area contributed by atoms with Gasteiger partial charge in [0.2, 0.25) is 0 Å². The molecule has 6 aromatic rings. The molecule has 0 N–H and O–H groups in total. The number of anilines is 3. The van der Waals surface area contributed by atoms with Gasteiger partial charge in [-0.2, -0.15) is 0 Å². The van der Waals surface area contributed by atoms with E-state index in [4.69, 9.17) is 9.47 Å². The lowest BCUT2D eigenvalue weighted by Gasteiger charge is -2.26. The summed E-state index contributed by atoms with van der Waals surface area (Å²) in [7, 11) is 3.35. The Morgan fingerprint density at radius 1 is 0.590 bits per heavy atom. The number of methoxy groups -OCH3 is 2. The van der Waals surface area contributed by atoms with E-state index in [1.165, 1.54) is 26.3 Å². The Morgan fingerprint density at radius 3 is 1.54 bits per heavy atom. The van der Waals surface area contributed by atoms with Crippen molar-refractivity contribution in [1.82, 2.24) is 0 Å². The fourth-order valence-electron chi connectivity index (χ4n) is 4.63. The van der Waals surface area contributed by atoms with Crippen LogP contribution in [0.4, 0.5) is 17.1 Å². The minimum atomic E-state index is 0.763. The van der Waals surface area contributed by atoms with Crippen molar-refractivity contribution in [2.75, 3.05) is 19.1 Å². The van der Waals surface area contributed by atoms with E-state index in [0.717, 1.165) is 55.4 Å². The molecule has 6 heteroatoms.